The maximum Gasteiger partial charge on any atom is 0.233 e. The summed E-state index contributed by atoms with van der Waals surface area (Å²) in [5.41, 5.74) is 4.12. The van der Waals surface area contributed by atoms with Crippen LogP contribution in [0.1, 0.15) is 17.7 Å². The van der Waals surface area contributed by atoms with Gasteiger partial charge in [-0.1, -0.05) is 36.4 Å². The topological polar surface area (TPSA) is 45.2 Å². The molecule has 0 fully saturated rings. The minimum absolute atomic E-state index is 0.115. The van der Waals surface area contributed by atoms with Crippen molar-refractivity contribution in [2.45, 2.75) is 19.3 Å². The van der Waals surface area contributed by atoms with Gasteiger partial charge in [0.2, 0.25) is 5.91 Å². The quantitative estimate of drug-likeness (QED) is 0.759. The van der Waals surface area contributed by atoms with Crippen molar-refractivity contribution in [2.75, 3.05) is 16.8 Å². The van der Waals surface area contributed by atoms with Gasteiger partial charge in [-0.25, -0.2) is 4.98 Å². The summed E-state index contributed by atoms with van der Waals surface area (Å²) in [6, 6.07) is 18.1. The van der Waals surface area contributed by atoms with Crippen LogP contribution in [0.2, 0.25) is 0 Å². The number of thiazole rings is 1. The van der Waals surface area contributed by atoms with Crippen molar-refractivity contribution in [3.8, 4) is 0 Å². The van der Waals surface area contributed by atoms with Gasteiger partial charge >= 0.3 is 0 Å². The van der Waals surface area contributed by atoms with Crippen molar-refractivity contribution in [3.05, 3.63) is 71.2 Å². The zero-order valence-corrected chi connectivity index (χ0v) is 14.6. The standard InChI is InChI=1S/C20H19N3OS/c24-19(23-12-6-8-15-7-4-5-11-18(15)23)13-17-14-25-20(22-17)21-16-9-2-1-3-10-16/h1-5,7,9-11,14H,6,8,12-13H2,(H,21,22). The average Bonchev–Trinajstić information content (AvgIpc) is 3.09. The Bertz CT molecular complexity index is 875. The third-order valence-electron chi connectivity index (χ3n) is 4.32. The summed E-state index contributed by atoms with van der Waals surface area (Å²) in [6.45, 7) is 0.787. The number of nitrogens with one attached hydrogen (secondary N) is 1. The van der Waals surface area contributed by atoms with E-state index in [4.69, 9.17) is 0 Å². The van der Waals surface area contributed by atoms with Gasteiger partial charge in [-0.05, 0) is 36.6 Å². The Hall–Kier alpha value is -2.66. The van der Waals surface area contributed by atoms with E-state index in [1.165, 1.54) is 16.9 Å². The first-order valence-corrected chi connectivity index (χ1v) is 9.32. The van der Waals surface area contributed by atoms with E-state index in [-0.39, 0.29) is 5.91 Å². The van der Waals surface area contributed by atoms with Gasteiger partial charge in [0.1, 0.15) is 0 Å². The number of rotatable bonds is 4. The van der Waals surface area contributed by atoms with Crippen molar-refractivity contribution in [1.82, 2.24) is 4.98 Å². The molecule has 0 spiro atoms. The first-order valence-electron chi connectivity index (χ1n) is 8.44. The van der Waals surface area contributed by atoms with Crippen LogP contribution in [0.15, 0.2) is 60.0 Å². The zero-order valence-electron chi connectivity index (χ0n) is 13.8. The fourth-order valence-electron chi connectivity index (χ4n) is 3.13. The molecular formula is C20H19N3OS. The number of carbonyl (C=O) groups is 1. The first-order chi connectivity index (χ1) is 12.3. The van der Waals surface area contributed by atoms with Gasteiger partial charge in [0.15, 0.2) is 5.13 Å². The van der Waals surface area contributed by atoms with Crippen LogP contribution in [-0.2, 0) is 17.6 Å². The molecule has 0 aliphatic carbocycles. The van der Waals surface area contributed by atoms with Crippen LogP contribution in [0, 0.1) is 0 Å². The molecule has 3 aromatic rings. The first kappa shape index (κ1) is 15.8. The molecule has 2 aromatic carbocycles. The highest BCUT2D eigenvalue weighted by molar-refractivity contribution is 7.13. The number of amides is 1. The fraction of sp³-hybridized carbons (Fsp3) is 0.200. The van der Waals surface area contributed by atoms with E-state index >= 15 is 0 Å². The Morgan fingerprint density at radius 1 is 1.12 bits per heavy atom. The van der Waals surface area contributed by atoms with Gasteiger partial charge in [-0.2, -0.15) is 0 Å². The maximum atomic E-state index is 12.8. The summed E-state index contributed by atoms with van der Waals surface area (Å²) < 4.78 is 0. The predicted molar refractivity (Wildman–Crippen MR) is 103 cm³/mol. The minimum atomic E-state index is 0.115. The number of anilines is 3. The van der Waals surface area contributed by atoms with Gasteiger partial charge in [0.05, 0.1) is 12.1 Å². The highest BCUT2D eigenvalue weighted by atomic mass is 32.1. The molecule has 0 bridgehead atoms. The Morgan fingerprint density at radius 3 is 2.80 bits per heavy atom. The molecule has 1 amide bonds. The summed E-state index contributed by atoms with van der Waals surface area (Å²) in [5, 5.41) is 6.05. The highest BCUT2D eigenvalue weighted by Gasteiger charge is 2.22. The third kappa shape index (κ3) is 3.56. The fourth-order valence-corrected chi connectivity index (χ4v) is 3.86. The zero-order chi connectivity index (χ0) is 17.1. The van der Waals surface area contributed by atoms with Gasteiger partial charge in [-0.15, -0.1) is 11.3 Å². The second-order valence-corrected chi connectivity index (χ2v) is 6.95. The lowest BCUT2D eigenvalue weighted by atomic mass is 10.0. The molecule has 0 atom stereocenters. The van der Waals surface area contributed by atoms with E-state index in [1.807, 2.05) is 58.8 Å². The van der Waals surface area contributed by atoms with Crippen LogP contribution in [0.5, 0.6) is 0 Å². The van der Waals surface area contributed by atoms with Gasteiger partial charge in [-0.3, -0.25) is 4.79 Å². The number of hydrogen-bond acceptors (Lipinski definition) is 4. The molecule has 0 unspecified atom stereocenters. The molecule has 0 radical (unpaired) electrons. The number of benzene rings is 2. The number of aryl methyl sites for hydroxylation is 1. The van der Waals surface area contributed by atoms with Gasteiger partial charge in [0, 0.05) is 23.3 Å². The molecule has 1 aliphatic rings. The molecule has 0 saturated heterocycles. The molecule has 5 heteroatoms. The lowest BCUT2D eigenvalue weighted by Gasteiger charge is -2.29. The van der Waals surface area contributed by atoms with Crippen LogP contribution in [-0.4, -0.2) is 17.4 Å². The van der Waals surface area contributed by atoms with E-state index in [1.54, 1.807) is 0 Å². The van der Waals surface area contributed by atoms with Crippen molar-refractivity contribution in [1.29, 1.82) is 0 Å². The Labute approximate surface area is 151 Å². The van der Waals surface area contributed by atoms with Crippen molar-refractivity contribution in [2.24, 2.45) is 0 Å². The smallest absolute Gasteiger partial charge is 0.233 e. The van der Waals surface area contributed by atoms with E-state index in [2.05, 4.69) is 16.4 Å². The maximum absolute atomic E-state index is 12.8. The summed E-state index contributed by atoms with van der Waals surface area (Å²) in [7, 11) is 0. The predicted octanol–water partition coefficient (Wildman–Crippen LogP) is 4.41. The largest absolute Gasteiger partial charge is 0.332 e. The number of hydrogen-bond donors (Lipinski definition) is 1. The molecule has 1 aromatic heterocycles. The van der Waals surface area contributed by atoms with Crippen LogP contribution >= 0.6 is 11.3 Å². The minimum Gasteiger partial charge on any atom is -0.332 e. The van der Waals surface area contributed by atoms with Crippen molar-refractivity contribution >= 4 is 33.8 Å². The number of para-hydroxylation sites is 2. The second kappa shape index (κ2) is 7.07. The molecule has 4 nitrogen and oxygen atoms in total. The monoisotopic (exact) mass is 349 g/mol. The average molecular weight is 349 g/mol. The Balaban J connectivity index is 1.45. The van der Waals surface area contributed by atoms with Gasteiger partial charge in [0.25, 0.3) is 0 Å². The highest BCUT2D eigenvalue weighted by Crippen LogP contribution is 2.28. The van der Waals surface area contributed by atoms with E-state index in [0.717, 1.165) is 41.6 Å². The van der Waals surface area contributed by atoms with Crippen LogP contribution in [0.4, 0.5) is 16.5 Å². The third-order valence-corrected chi connectivity index (χ3v) is 5.13. The van der Waals surface area contributed by atoms with E-state index < -0.39 is 0 Å². The van der Waals surface area contributed by atoms with Crippen molar-refractivity contribution in [3.63, 3.8) is 0 Å². The van der Waals surface area contributed by atoms with E-state index in [9.17, 15) is 4.79 Å². The SMILES string of the molecule is O=C(Cc1csc(Nc2ccccc2)n1)N1CCCc2ccccc21. The van der Waals surface area contributed by atoms with Crippen LogP contribution in [0.3, 0.4) is 0 Å². The Morgan fingerprint density at radius 2 is 1.92 bits per heavy atom. The van der Waals surface area contributed by atoms with Gasteiger partial charge < -0.3 is 10.2 Å². The lowest BCUT2D eigenvalue weighted by molar-refractivity contribution is -0.118. The molecule has 25 heavy (non-hydrogen) atoms. The van der Waals surface area contributed by atoms with Crippen LogP contribution in [0.25, 0.3) is 0 Å². The summed E-state index contributed by atoms with van der Waals surface area (Å²) >= 11 is 1.53. The molecule has 0 saturated carbocycles. The summed E-state index contributed by atoms with van der Waals surface area (Å²) in [6.07, 6.45) is 2.39. The molecule has 126 valence electrons. The summed E-state index contributed by atoms with van der Waals surface area (Å²) in [4.78, 5) is 19.2. The molecule has 2 heterocycles. The molecule has 1 aliphatic heterocycles. The van der Waals surface area contributed by atoms with Crippen molar-refractivity contribution < 1.29 is 4.79 Å². The number of aromatic nitrogens is 1. The van der Waals surface area contributed by atoms with E-state index in [0.29, 0.717) is 6.42 Å². The molecule has 1 N–H and O–H groups in total. The Kier molecular flexibility index (Phi) is 4.48. The second-order valence-electron chi connectivity index (χ2n) is 6.09. The molecule has 4 rings (SSSR count). The number of carbonyl (C=O) groups excluding carboxylic acids is 1. The number of nitrogens with zero attached hydrogens (tertiary/aromatic N) is 2. The summed E-state index contributed by atoms with van der Waals surface area (Å²) in [5.74, 6) is 0.115. The lowest BCUT2D eigenvalue weighted by Crippen LogP contribution is -2.36. The normalized spacial score (nSPS) is 13.4. The molecular weight excluding hydrogens is 330 g/mol. The van der Waals surface area contributed by atoms with Crippen LogP contribution < -0.4 is 10.2 Å². The number of fused-ring (bicyclic) bond motifs is 1.